The quantitative estimate of drug-likeness (QED) is 0.502. The van der Waals surface area contributed by atoms with E-state index in [-0.39, 0.29) is 6.10 Å². The summed E-state index contributed by atoms with van der Waals surface area (Å²) in [5.74, 6) is 1.18. The first kappa shape index (κ1) is 27.6. The van der Waals surface area contributed by atoms with Crippen LogP contribution >= 0.6 is 0 Å². The van der Waals surface area contributed by atoms with Crippen LogP contribution in [0.2, 0.25) is 0 Å². The van der Waals surface area contributed by atoms with E-state index in [1.807, 2.05) is 76.3 Å². The topological polar surface area (TPSA) is 38.7 Å². The molecular weight excluding hydrogens is 372 g/mol. The van der Waals surface area contributed by atoms with Crippen molar-refractivity contribution < 1.29 is 14.6 Å². The van der Waals surface area contributed by atoms with E-state index in [1.54, 1.807) is 20.3 Å². The lowest BCUT2D eigenvalue weighted by Crippen LogP contribution is -2.23. The zero-order chi connectivity index (χ0) is 23.0. The number of ether oxygens (including phenoxy) is 2. The molecule has 0 amide bonds. The van der Waals surface area contributed by atoms with Gasteiger partial charge in [-0.15, -0.1) is 6.58 Å². The highest BCUT2D eigenvalue weighted by Gasteiger charge is 2.26. The monoisotopic (exact) mass is 412 g/mol. The summed E-state index contributed by atoms with van der Waals surface area (Å²) in [5.41, 5.74) is 0.738. The zero-order valence-electron chi connectivity index (χ0n) is 19.8. The SMILES string of the molecule is C=CC(C/C=C\C)OC.CC.COc1ccc(C(C)(O)C2=CC=CC(C)C=C2)cc1. The summed E-state index contributed by atoms with van der Waals surface area (Å²) < 4.78 is 10.2. The van der Waals surface area contributed by atoms with Gasteiger partial charge in [-0.1, -0.05) is 81.5 Å². The molecule has 0 aromatic heterocycles. The van der Waals surface area contributed by atoms with E-state index < -0.39 is 5.60 Å². The Balaban J connectivity index is 0.000000648. The van der Waals surface area contributed by atoms with Crippen LogP contribution in [0.4, 0.5) is 0 Å². The average molecular weight is 413 g/mol. The molecule has 0 fully saturated rings. The lowest BCUT2D eigenvalue weighted by molar-refractivity contribution is 0.101. The number of aliphatic hydroxyl groups is 1. The van der Waals surface area contributed by atoms with Crippen LogP contribution in [0.25, 0.3) is 0 Å². The first-order valence-electron chi connectivity index (χ1n) is 10.6. The molecule has 3 atom stereocenters. The van der Waals surface area contributed by atoms with Crippen molar-refractivity contribution in [1.82, 2.24) is 0 Å². The maximum Gasteiger partial charge on any atom is 0.118 e. The molecule has 0 aliphatic heterocycles. The minimum atomic E-state index is -1.00. The Morgan fingerprint density at radius 2 is 1.80 bits per heavy atom. The highest BCUT2D eigenvalue weighted by molar-refractivity contribution is 5.42. The number of hydrogen-bond acceptors (Lipinski definition) is 3. The van der Waals surface area contributed by atoms with Gasteiger partial charge in [0.25, 0.3) is 0 Å². The van der Waals surface area contributed by atoms with E-state index in [0.29, 0.717) is 5.92 Å². The molecule has 0 radical (unpaired) electrons. The van der Waals surface area contributed by atoms with Gasteiger partial charge < -0.3 is 14.6 Å². The van der Waals surface area contributed by atoms with Crippen molar-refractivity contribution in [3.8, 4) is 5.75 Å². The average Bonchev–Trinajstić information content (AvgIpc) is 3.01. The van der Waals surface area contributed by atoms with Crippen LogP contribution in [-0.2, 0) is 10.3 Å². The summed E-state index contributed by atoms with van der Waals surface area (Å²) >= 11 is 0. The largest absolute Gasteiger partial charge is 0.497 e. The van der Waals surface area contributed by atoms with E-state index in [9.17, 15) is 5.11 Å². The van der Waals surface area contributed by atoms with Gasteiger partial charge in [-0.3, -0.25) is 0 Å². The molecule has 3 nitrogen and oxygen atoms in total. The second-order valence-electron chi connectivity index (χ2n) is 6.84. The van der Waals surface area contributed by atoms with Crippen LogP contribution < -0.4 is 4.74 Å². The molecule has 1 N–H and O–H groups in total. The summed E-state index contributed by atoms with van der Waals surface area (Å²) in [4.78, 5) is 0. The molecule has 30 heavy (non-hydrogen) atoms. The molecule has 1 aromatic rings. The Labute approximate surface area is 184 Å². The Morgan fingerprint density at radius 3 is 2.30 bits per heavy atom. The predicted octanol–water partition coefficient (Wildman–Crippen LogP) is 6.77. The molecule has 3 unspecified atom stereocenters. The number of hydrogen-bond donors (Lipinski definition) is 1. The molecule has 0 heterocycles. The molecule has 166 valence electrons. The summed E-state index contributed by atoms with van der Waals surface area (Å²) in [6.07, 6.45) is 17.1. The first-order valence-corrected chi connectivity index (χ1v) is 10.6. The highest BCUT2D eigenvalue weighted by atomic mass is 16.5. The third-order valence-corrected chi connectivity index (χ3v) is 4.65. The van der Waals surface area contributed by atoms with Gasteiger partial charge >= 0.3 is 0 Å². The highest BCUT2D eigenvalue weighted by Crippen LogP contribution is 2.32. The maximum absolute atomic E-state index is 10.8. The summed E-state index contributed by atoms with van der Waals surface area (Å²) in [6.45, 7) is 13.6. The number of rotatable bonds is 7. The van der Waals surface area contributed by atoms with Crippen LogP contribution in [0.3, 0.4) is 0 Å². The fourth-order valence-electron chi connectivity index (χ4n) is 2.68. The Kier molecular flexibility index (Phi) is 14.3. The van der Waals surface area contributed by atoms with Crippen molar-refractivity contribution in [2.24, 2.45) is 5.92 Å². The predicted molar refractivity (Wildman–Crippen MR) is 130 cm³/mol. The standard InChI is InChI=1S/C17H20O2.C8H14O.C2H6/c1-13-5-4-6-14(8-7-13)17(2,18)15-9-11-16(19-3)12-10-15;1-4-6-7-8(5-2)9-3;1-2/h4-13,18H,1-3H3;4-6,8H,2,7H2,1,3H3;1-2H3/b;6-4-;. The van der Waals surface area contributed by atoms with Crippen LogP contribution in [-0.4, -0.2) is 25.4 Å². The van der Waals surface area contributed by atoms with Crippen molar-refractivity contribution in [2.45, 2.75) is 52.7 Å². The third-order valence-electron chi connectivity index (χ3n) is 4.65. The second-order valence-corrected chi connectivity index (χ2v) is 6.84. The Bertz CT molecular complexity index is 706. The molecular formula is C27H40O3. The van der Waals surface area contributed by atoms with Gasteiger partial charge in [-0.05, 0) is 49.5 Å². The fourth-order valence-corrected chi connectivity index (χ4v) is 2.68. The van der Waals surface area contributed by atoms with Gasteiger partial charge in [-0.2, -0.15) is 0 Å². The molecule has 1 aliphatic rings. The summed E-state index contributed by atoms with van der Waals surface area (Å²) in [7, 11) is 3.33. The minimum absolute atomic E-state index is 0.182. The van der Waals surface area contributed by atoms with Crippen molar-refractivity contribution in [1.29, 1.82) is 0 Å². The van der Waals surface area contributed by atoms with Crippen LogP contribution in [0, 0.1) is 5.92 Å². The Hall–Kier alpha value is -2.36. The van der Waals surface area contributed by atoms with E-state index in [0.717, 1.165) is 23.3 Å². The van der Waals surface area contributed by atoms with Crippen LogP contribution in [0.1, 0.15) is 46.6 Å². The molecule has 0 saturated carbocycles. The summed E-state index contributed by atoms with van der Waals surface area (Å²) in [6, 6.07) is 7.52. The molecule has 1 aliphatic carbocycles. The molecule has 0 saturated heterocycles. The number of benzene rings is 1. The van der Waals surface area contributed by atoms with E-state index in [2.05, 4.69) is 31.7 Å². The minimum Gasteiger partial charge on any atom is -0.497 e. The number of methoxy groups -OCH3 is 2. The zero-order valence-corrected chi connectivity index (χ0v) is 19.8. The van der Waals surface area contributed by atoms with Gasteiger partial charge in [0.05, 0.1) is 13.2 Å². The summed E-state index contributed by atoms with van der Waals surface area (Å²) in [5, 5.41) is 10.8. The van der Waals surface area contributed by atoms with Crippen molar-refractivity contribution >= 4 is 0 Å². The Morgan fingerprint density at radius 1 is 1.17 bits per heavy atom. The molecule has 1 aromatic carbocycles. The van der Waals surface area contributed by atoms with Crippen LogP contribution in [0.5, 0.6) is 5.75 Å². The lowest BCUT2D eigenvalue weighted by Gasteiger charge is -2.25. The molecule has 0 spiro atoms. The van der Waals surface area contributed by atoms with Gasteiger partial charge in [0.2, 0.25) is 0 Å². The molecule has 2 rings (SSSR count). The first-order chi connectivity index (χ1) is 14.4. The maximum atomic E-state index is 10.8. The van der Waals surface area contributed by atoms with Crippen molar-refractivity contribution in [3.05, 3.63) is 90.6 Å². The normalized spacial score (nSPS) is 18.0. The van der Waals surface area contributed by atoms with E-state index in [1.165, 1.54) is 0 Å². The number of allylic oxidation sites excluding steroid dienone is 5. The fraction of sp³-hybridized carbons (Fsp3) is 0.407. The van der Waals surface area contributed by atoms with Gasteiger partial charge in [0.1, 0.15) is 11.4 Å². The second kappa shape index (κ2) is 15.5. The van der Waals surface area contributed by atoms with Crippen molar-refractivity contribution in [2.75, 3.05) is 14.2 Å². The lowest BCUT2D eigenvalue weighted by atomic mass is 9.87. The van der Waals surface area contributed by atoms with Gasteiger partial charge in [-0.25, -0.2) is 0 Å². The molecule has 0 bridgehead atoms. The van der Waals surface area contributed by atoms with E-state index >= 15 is 0 Å². The van der Waals surface area contributed by atoms with Gasteiger partial charge in [0.15, 0.2) is 0 Å². The smallest absolute Gasteiger partial charge is 0.118 e. The van der Waals surface area contributed by atoms with Crippen molar-refractivity contribution in [3.63, 3.8) is 0 Å². The van der Waals surface area contributed by atoms with E-state index in [4.69, 9.17) is 9.47 Å². The third kappa shape index (κ3) is 9.43. The molecule has 3 heteroatoms. The van der Waals surface area contributed by atoms with Crippen LogP contribution in [0.15, 0.2) is 85.0 Å². The van der Waals surface area contributed by atoms with Gasteiger partial charge in [0, 0.05) is 7.11 Å².